The lowest BCUT2D eigenvalue weighted by atomic mass is 10.2. The number of benzene rings is 2. The smallest absolute Gasteiger partial charge is 0.174 e. The minimum atomic E-state index is 0.0465. The standard InChI is InChI=1S/C15H12Cl2N2O/c16-14-3-1-2-11(15(14)17)10-19-12-4-6-13(7-5-12)20-9-8-18/h1-7,19H,9-10H2. The van der Waals surface area contributed by atoms with Crippen molar-refractivity contribution in [3.63, 3.8) is 0 Å². The Morgan fingerprint density at radius 2 is 1.85 bits per heavy atom. The first-order valence-corrected chi connectivity index (χ1v) is 6.73. The molecule has 0 aliphatic carbocycles. The van der Waals surface area contributed by atoms with E-state index in [1.54, 1.807) is 18.2 Å². The van der Waals surface area contributed by atoms with Crippen molar-refractivity contribution in [3.8, 4) is 11.8 Å². The fourth-order valence-corrected chi connectivity index (χ4v) is 2.05. The van der Waals surface area contributed by atoms with Gasteiger partial charge in [0.25, 0.3) is 0 Å². The summed E-state index contributed by atoms with van der Waals surface area (Å²) in [7, 11) is 0. The van der Waals surface area contributed by atoms with Crippen molar-refractivity contribution < 1.29 is 4.74 Å². The molecule has 0 radical (unpaired) electrons. The lowest BCUT2D eigenvalue weighted by Gasteiger charge is -2.09. The third kappa shape index (κ3) is 3.80. The van der Waals surface area contributed by atoms with Crippen molar-refractivity contribution in [2.24, 2.45) is 0 Å². The Kier molecular flexibility index (Phi) is 5.11. The van der Waals surface area contributed by atoms with Crippen LogP contribution in [0.15, 0.2) is 42.5 Å². The van der Waals surface area contributed by atoms with Gasteiger partial charge in [0.2, 0.25) is 0 Å². The number of hydrogen-bond donors (Lipinski definition) is 1. The van der Waals surface area contributed by atoms with Gasteiger partial charge >= 0.3 is 0 Å². The number of nitrogens with one attached hydrogen (secondary N) is 1. The maximum Gasteiger partial charge on any atom is 0.174 e. The van der Waals surface area contributed by atoms with E-state index in [1.165, 1.54) is 0 Å². The van der Waals surface area contributed by atoms with E-state index in [4.69, 9.17) is 33.2 Å². The molecule has 102 valence electrons. The molecule has 2 aromatic carbocycles. The van der Waals surface area contributed by atoms with Crippen molar-refractivity contribution in [1.29, 1.82) is 5.26 Å². The van der Waals surface area contributed by atoms with E-state index in [2.05, 4.69) is 5.32 Å². The molecule has 3 nitrogen and oxygen atoms in total. The van der Waals surface area contributed by atoms with E-state index < -0.39 is 0 Å². The number of nitrogens with zero attached hydrogens (tertiary/aromatic N) is 1. The van der Waals surface area contributed by atoms with Crippen LogP contribution in [-0.4, -0.2) is 6.61 Å². The van der Waals surface area contributed by atoms with Crippen LogP contribution in [0.2, 0.25) is 10.0 Å². The Balaban J connectivity index is 1.97. The van der Waals surface area contributed by atoms with E-state index in [-0.39, 0.29) is 6.61 Å². The summed E-state index contributed by atoms with van der Waals surface area (Å²) in [6.07, 6.45) is 0. The molecule has 0 saturated carbocycles. The highest BCUT2D eigenvalue weighted by Gasteiger charge is 2.04. The quantitative estimate of drug-likeness (QED) is 0.884. The average molecular weight is 307 g/mol. The summed E-state index contributed by atoms with van der Waals surface area (Å²) in [6, 6.07) is 14.8. The van der Waals surface area contributed by atoms with Crippen molar-refractivity contribution in [2.75, 3.05) is 11.9 Å². The van der Waals surface area contributed by atoms with Crippen LogP contribution in [0.1, 0.15) is 5.56 Å². The maximum absolute atomic E-state index is 8.43. The monoisotopic (exact) mass is 306 g/mol. The van der Waals surface area contributed by atoms with Crippen molar-refractivity contribution in [3.05, 3.63) is 58.1 Å². The van der Waals surface area contributed by atoms with Crippen LogP contribution in [0.25, 0.3) is 0 Å². The van der Waals surface area contributed by atoms with Crippen molar-refractivity contribution in [2.45, 2.75) is 6.54 Å². The Labute approximate surface area is 127 Å². The minimum Gasteiger partial charge on any atom is -0.479 e. The van der Waals surface area contributed by atoms with Gasteiger partial charge in [-0.3, -0.25) is 0 Å². The van der Waals surface area contributed by atoms with Crippen molar-refractivity contribution >= 4 is 28.9 Å². The zero-order chi connectivity index (χ0) is 14.4. The molecule has 2 rings (SSSR count). The topological polar surface area (TPSA) is 45.0 Å². The molecule has 0 saturated heterocycles. The Morgan fingerprint density at radius 1 is 1.10 bits per heavy atom. The van der Waals surface area contributed by atoms with Gasteiger partial charge in [-0.1, -0.05) is 35.3 Å². The summed E-state index contributed by atoms with van der Waals surface area (Å²) in [5, 5.41) is 12.8. The van der Waals surface area contributed by atoms with Gasteiger partial charge in [0.05, 0.1) is 10.0 Å². The van der Waals surface area contributed by atoms with E-state index in [0.29, 0.717) is 22.3 Å². The summed E-state index contributed by atoms with van der Waals surface area (Å²) in [6.45, 7) is 0.628. The van der Waals surface area contributed by atoms with E-state index in [1.807, 2.05) is 30.3 Å². The zero-order valence-corrected chi connectivity index (χ0v) is 12.1. The van der Waals surface area contributed by atoms with Crippen LogP contribution in [0.4, 0.5) is 5.69 Å². The van der Waals surface area contributed by atoms with Gasteiger partial charge in [0, 0.05) is 12.2 Å². The third-order valence-electron chi connectivity index (χ3n) is 2.67. The molecule has 0 unspecified atom stereocenters. The maximum atomic E-state index is 8.43. The van der Waals surface area contributed by atoms with Crippen LogP contribution in [0.3, 0.4) is 0 Å². The van der Waals surface area contributed by atoms with Gasteiger partial charge in [-0.2, -0.15) is 5.26 Å². The Hall–Kier alpha value is -1.89. The van der Waals surface area contributed by atoms with Gasteiger partial charge in [-0.05, 0) is 35.9 Å². The predicted octanol–water partition coefficient (Wildman–Crippen LogP) is 4.51. The molecule has 0 bridgehead atoms. The Morgan fingerprint density at radius 3 is 2.55 bits per heavy atom. The van der Waals surface area contributed by atoms with E-state index in [0.717, 1.165) is 11.3 Å². The molecule has 0 fully saturated rings. The van der Waals surface area contributed by atoms with Crippen LogP contribution in [0, 0.1) is 11.3 Å². The summed E-state index contributed by atoms with van der Waals surface area (Å²) in [4.78, 5) is 0. The molecule has 0 aromatic heterocycles. The largest absolute Gasteiger partial charge is 0.479 e. The molecule has 0 heterocycles. The number of ether oxygens (including phenoxy) is 1. The van der Waals surface area contributed by atoms with Crippen molar-refractivity contribution in [1.82, 2.24) is 0 Å². The number of hydrogen-bond acceptors (Lipinski definition) is 3. The zero-order valence-electron chi connectivity index (χ0n) is 10.6. The average Bonchev–Trinajstić information content (AvgIpc) is 2.48. The van der Waals surface area contributed by atoms with Crippen LogP contribution in [0.5, 0.6) is 5.75 Å². The van der Waals surface area contributed by atoms with E-state index in [9.17, 15) is 0 Å². The molecular formula is C15H12Cl2N2O. The first kappa shape index (κ1) is 14.5. The molecule has 0 aliphatic rings. The summed E-state index contributed by atoms with van der Waals surface area (Å²) in [5.74, 6) is 0.665. The van der Waals surface area contributed by atoms with Crippen LogP contribution >= 0.6 is 23.2 Å². The molecule has 0 spiro atoms. The molecule has 2 aromatic rings. The third-order valence-corrected chi connectivity index (χ3v) is 3.53. The SMILES string of the molecule is N#CCOc1ccc(NCc2cccc(Cl)c2Cl)cc1. The molecule has 0 amide bonds. The molecule has 5 heteroatoms. The van der Waals surface area contributed by atoms with Gasteiger partial charge in [0.15, 0.2) is 6.61 Å². The molecule has 20 heavy (non-hydrogen) atoms. The number of nitriles is 1. The first-order chi connectivity index (χ1) is 9.70. The highest BCUT2D eigenvalue weighted by molar-refractivity contribution is 6.42. The highest BCUT2D eigenvalue weighted by atomic mass is 35.5. The lowest BCUT2D eigenvalue weighted by molar-refractivity contribution is 0.368. The van der Waals surface area contributed by atoms with Crippen LogP contribution in [-0.2, 0) is 6.54 Å². The van der Waals surface area contributed by atoms with Gasteiger partial charge < -0.3 is 10.1 Å². The molecule has 1 N–H and O–H groups in total. The molecule has 0 aliphatic heterocycles. The van der Waals surface area contributed by atoms with E-state index >= 15 is 0 Å². The summed E-state index contributed by atoms with van der Waals surface area (Å²) < 4.78 is 5.18. The van der Waals surface area contributed by atoms with Gasteiger partial charge in [0.1, 0.15) is 11.8 Å². The molecular weight excluding hydrogens is 295 g/mol. The lowest BCUT2D eigenvalue weighted by Crippen LogP contribution is -2.00. The predicted molar refractivity (Wildman–Crippen MR) is 81.3 cm³/mol. The number of halogens is 2. The first-order valence-electron chi connectivity index (χ1n) is 5.97. The fraction of sp³-hybridized carbons (Fsp3) is 0.133. The van der Waals surface area contributed by atoms with Crippen LogP contribution < -0.4 is 10.1 Å². The second kappa shape index (κ2) is 7.04. The van der Waals surface area contributed by atoms with Gasteiger partial charge in [-0.25, -0.2) is 0 Å². The second-order valence-corrected chi connectivity index (χ2v) is 4.82. The normalized spacial score (nSPS) is 9.85. The minimum absolute atomic E-state index is 0.0465. The highest BCUT2D eigenvalue weighted by Crippen LogP contribution is 2.26. The van der Waals surface area contributed by atoms with Gasteiger partial charge in [-0.15, -0.1) is 0 Å². The number of anilines is 1. The summed E-state index contributed by atoms with van der Waals surface area (Å²) in [5.41, 5.74) is 1.87. The molecule has 0 atom stereocenters. The fourth-order valence-electron chi connectivity index (χ4n) is 1.67. The Bertz CT molecular complexity index is 621. The summed E-state index contributed by atoms with van der Waals surface area (Å²) >= 11 is 12.1. The second-order valence-electron chi connectivity index (χ2n) is 4.04. The number of rotatable bonds is 5.